The Bertz CT molecular complexity index is 1130. The average molecular weight is 456 g/mol. The SMILES string of the molecule is Cc1c(C/C=C/N2CCN3c4cc(F)ccc4CCC3C2)cnn1-c1nccc(N)n1.Cl. The second-order valence-corrected chi connectivity index (χ2v) is 8.19. The van der Waals surface area contributed by atoms with Crippen LogP contribution < -0.4 is 10.6 Å². The quantitative estimate of drug-likeness (QED) is 0.650. The number of rotatable bonds is 4. The first-order chi connectivity index (χ1) is 15.1. The summed E-state index contributed by atoms with van der Waals surface area (Å²) in [5.41, 5.74) is 10.2. The van der Waals surface area contributed by atoms with Crippen molar-refractivity contribution in [1.82, 2.24) is 24.6 Å². The molecule has 1 fully saturated rings. The molecule has 2 aliphatic rings. The largest absolute Gasteiger partial charge is 0.384 e. The van der Waals surface area contributed by atoms with E-state index in [1.165, 1.54) is 5.56 Å². The van der Waals surface area contributed by atoms with E-state index in [0.717, 1.165) is 55.8 Å². The molecule has 0 saturated carbocycles. The molecule has 2 N–H and O–H groups in total. The molecule has 7 nitrogen and oxygen atoms in total. The normalized spacial score (nSPS) is 17.8. The fraction of sp³-hybridized carbons (Fsp3) is 0.348. The number of nitrogen functional groups attached to an aromatic ring is 1. The van der Waals surface area contributed by atoms with Gasteiger partial charge in [-0.1, -0.05) is 12.1 Å². The molecule has 0 aliphatic carbocycles. The van der Waals surface area contributed by atoms with Gasteiger partial charge < -0.3 is 15.5 Å². The molecule has 2 aromatic heterocycles. The predicted molar refractivity (Wildman–Crippen MR) is 126 cm³/mol. The first kappa shape index (κ1) is 22.1. The van der Waals surface area contributed by atoms with Gasteiger partial charge >= 0.3 is 0 Å². The Balaban J connectivity index is 0.00000245. The van der Waals surface area contributed by atoms with Gasteiger partial charge in [-0.25, -0.2) is 14.1 Å². The van der Waals surface area contributed by atoms with E-state index in [2.05, 4.69) is 37.1 Å². The summed E-state index contributed by atoms with van der Waals surface area (Å²) in [4.78, 5) is 13.2. The number of halogens is 2. The zero-order chi connectivity index (χ0) is 21.4. The van der Waals surface area contributed by atoms with E-state index in [4.69, 9.17) is 5.73 Å². The van der Waals surface area contributed by atoms with Gasteiger partial charge in [-0.2, -0.15) is 10.1 Å². The Labute approximate surface area is 193 Å². The van der Waals surface area contributed by atoms with Crippen LogP contribution in [0.5, 0.6) is 0 Å². The topological polar surface area (TPSA) is 76.1 Å². The van der Waals surface area contributed by atoms with Crippen molar-refractivity contribution in [3.63, 3.8) is 0 Å². The number of aromatic nitrogens is 4. The number of benzene rings is 1. The monoisotopic (exact) mass is 455 g/mol. The lowest BCUT2D eigenvalue weighted by atomic mass is 9.94. The highest BCUT2D eigenvalue weighted by molar-refractivity contribution is 5.85. The van der Waals surface area contributed by atoms with Crippen LogP contribution in [-0.2, 0) is 12.8 Å². The molecule has 0 bridgehead atoms. The summed E-state index contributed by atoms with van der Waals surface area (Å²) in [6, 6.07) is 7.29. The molecule has 9 heteroatoms. The summed E-state index contributed by atoms with van der Waals surface area (Å²) in [5, 5.41) is 4.43. The second kappa shape index (κ2) is 9.16. The lowest BCUT2D eigenvalue weighted by Gasteiger charge is -2.46. The van der Waals surface area contributed by atoms with Crippen molar-refractivity contribution in [2.45, 2.75) is 32.2 Å². The van der Waals surface area contributed by atoms with Crippen LogP contribution in [0.1, 0.15) is 23.2 Å². The van der Waals surface area contributed by atoms with Gasteiger partial charge in [-0.3, -0.25) is 0 Å². The molecule has 3 aromatic rings. The number of fused-ring (bicyclic) bond motifs is 3. The molecule has 2 aliphatic heterocycles. The number of nitrogens with two attached hydrogens (primary N) is 1. The van der Waals surface area contributed by atoms with Gasteiger partial charge in [0.25, 0.3) is 5.95 Å². The predicted octanol–water partition coefficient (Wildman–Crippen LogP) is 3.31. The Hall–Kier alpha value is -3.13. The number of anilines is 2. The van der Waals surface area contributed by atoms with Gasteiger partial charge in [-0.15, -0.1) is 12.4 Å². The fourth-order valence-electron chi connectivity index (χ4n) is 4.56. The van der Waals surface area contributed by atoms with Crippen molar-refractivity contribution in [2.24, 2.45) is 0 Å². The maximum absolute atomic E-state index is 13.8. The number of allylic oxidation sites excluding steroid dienone is 1. The van der Waals surface area contributed by atoms with E-state index >= 15 is 0 Å². The van der Waals surface area contributed by atoms with E-state index in [1.54, 1.807) is 29.1 Å². The highest BCUT2D eigenvalue weighted by Crippen LogP contribution is 2.33. The average Bonchev–Trinajstić information content (AvgIpc) is 3.14. The van der Waals surface area contributed by atoms with E-state index in [9.17, 15) is 4.39 Å². The first-order valence-electron chi connectivity index (χ1n) is 10.7. The Morgan fingerprint density at radius 3 is 2.97 bits per heavy atom. The van der Waals surface area contributed by atoms with Gasteiger partial charge in [-0.05, 0) is 61.7 Å². The van der Waals surface area contributed by atoms with Crippen molar-refractivity contribution in [3.05, 3.63) is 71.6 Å². The van der Waals surface area contributed by atoms with Crippen LogP contribution in [-0.4, -0.2) is 50.3 Å². The summed E-state index contributed by atoms with van der Waals surface area (Å²) in [6.45, 7) is 4.81. The van der Waals surface area contributed by atoms with Crippen LogP contribution in [0.15, 0.2) is 48.9 Å². The number of aryl methyl sites for hydroxylation is 1. The van der Waals surface area contributed by atoms with Gasteiger partial charge in [0, 0.05) is 43.3 Å². The lowest BCUT2D eigenvalue weighted by Crippen LogP contribution is -2.53. The number of nitrogens with zero attached hydrogens (tertiary/aromatic N) is 6. The number of piperazine rings is 1. The third-order valence-corrected chi connectivity index (χ3v) is 6.24. The van der Waals surface area contributed by atoms with Crippen molar-refractivity contribution >= 4 is 23.9 Å². The third-order valence-electron chi connectivity index (χ3n) is 6.24. The molecule has 32 heavy (non-hydrogen) atoms. The Morgan fingerprint density at radius 2 is 2.12 bits per heavy atom. The van der Waals surface area contributed by atoms with Crippen LogP contribution >= 0.6 is 12.4 Å². The maximum atomic E-state index is 13.8. The van der Waals surface area contributed by atoms with E-state index in [1.807, 2.05) is 19.2 Å². The number of hydrogen-bond acceptors (Lipinski definition) is 6. The second-order valence-electron chi connectivity index (χ2n) is 8.19. The molecule has 4 heterocycles. The molecule has 0 radical (unpaired) electrons. The first-order valence-corrected chi connectivity index (χ1v) is 10.7. The highest BCUT2D eigenvalue weighted by Gasteiger charge is 2.30. The van der Waals surface area contributed by atoms with Crippen molar-refractivity contribution in [2.75, 3.05) is 30.3 Å². The van der Waals surface area contributed by atoms with Gasteiger partial charge in [0.15, 0.2) is 0 Å². The van der Waals surface area contributed by atoms with Gasteiger partial charge in [0.2, 0.25) is 0 Å². The third kappa shape index (κ3) is 4.27. The minimum atomic E-state index is -0.152. The number of hydrogen-bond donors (Lipinski definition) is 1. The zero-order valence-electron chi connectivity index (χ0n) is 18.0. The molecule has 168 valence electrons. The molecule has 1 atom stereocenters. The van der Waals surface area contributed by atoms with Crippen molar-refractivity contribution in [1.29, 1.82) is 0 Å². The van der Waals surface area contributed by atoms with Crippen molar-refractivity contribution in [3.8, 4) is 5.95 Å². The van der Waals surface area contributed by atoms with Crippen LogP contribution in [0.2, 0.25) is 0 Å². The summed E-state index contributed by atoms with van der Waals surface area (Å²) in [6.07, 6.45) is 10.8. The highest BCUT2D eigenvalue weighted by atomic mass is 35.5. The summed E-state index contributed by atoms with van der Waals surface area (Å²) >= 11 is 0. The molecule has 1 unspecified atom stereocenters. The van der Waals surface area contributed by atoms with Crippen LogP contribution in [0, 0.1) is 12.7 Å². The maximum Gasteiger partial charge on any atom is 0.252 e. The minimum absolute atomic E-state index is 0. The summed E-state index contributed by atoms with van der Waals surface area (Å²) in [7, 11) is 0. The molecule has 1 saturated heterocycles. The van der Waals surface area contributed by atoms with Crippen molar-refractivity contribution < 1.29 is 4.39 Å². The molecule has 1 aromatic carbocycles. The van der Waals surface area contributed by atoms with Crippen LogP contribution in [0.3, 0.4) is 0 Å². The van der Waals surface area contributed by atoms with E-state index in [-0.39, 0.29) is 18.2 Å². The molecular weight excluding hydrogens is 429 g/mol. The minimum Gasteiger partial charge on any atom is -0.384 e. The molecular formula is C23H27ClFN7. The Kier molecular flexibility index (Phi) is 6.32. The summed E-state index contributed by atoms with van der Waals surface area (Å²) in [5.74, 6) is 0.757. The smallest absolute Gasteiger partial charge is 0.252 e. The van der Waals surface area contributed by atoms with E-state index < -0.39 is 0 Å². The molecule has 5 rings (SSSR count). The fourth-order valence-corrected chi connectivity index (χ4v) is 4.56. The standard InChI is InChI=1S/C23H26FN7.ClH/c1-16-18(14-27-31(16)23-26-9-8-22(25)28-23)3-2-10-29-11-12-30-20(15-29)7-5-17-4-6-19(24)13-21(17)30;/h2,4,6,8-10,13-14,20H,3,5,7,11-12,15H2,1H3,(H2,25,26,28);1H/b10-2+;. The van der Waals surface area contributed by atoms with E-state index in [0.29, 0.717) is 17.8 Å². The zero-order valence-corrected chi connectivity index (χ0v) is 18.8. The summed E-state index contributed by atoms with van der Waals surface area (Å²) < 4.78 is 15.5. The Morgan fingerprint density at radius 1 is 1.25 bits per heavy atom. The molecule has 0 amide bonds. The lowest BCUT2D eigenvalue weighted by molar-refractivity contribution is 0.282. The van der Waals surface area contributed by atoms with Crippen LogP contribution in [0.4, 0.5) is 15.9 Å². The van der Waals surface area contributed by atoms with Gasteiger partial charge in [0.1, 0.15) is 11.6 Å². The van der Waals surface area contributed by atoms with Gasteiger partial charge in [0.05, 0.1) is 6.20 Å². The van der Waals surface area contributed by atoms with Crippen LogP contribution in [0.25, 0.3) is 5.95 Å². The molecule has 0 spiro atoms.